The van der Waals surface area contributed by atoms with E-state index in [4.69, 9.17) is 9.47 Å². The van der Waals surface area contributed by atoms with Gasteiger partial charge in [0, 0.05) is 59.7 Å². The smallest absolute Gasteiger partial charge is 0.302 e. The minimum Gasteiger partial charge on any atom is -0.507 e. The second kappa shape index (κ2) is 12.0. The molecule has 0 bridgehead atoms. The predicted molar refractivity (Wildman–Crippen MR) is 184 cm³/mol. The highest BCUT2D eigenvalue weighted by molar-refractivity contribution is 6.15. The maximum absolute atomic E-state index is 13.4. The van der Waals surface area contributed by atoms with Crippen LogP contribution in [0.25, 0.3) is 32.7 Å². The quantitative estimate of drug-likeness (QED) is 0.103. The zero-order valence-corrected chi connectivity index (χ0v) is 29.1. The van der Waals surface area contributed by atoms with Crippen LogP contribution in [0.4, 0.5) is 0 Å². The first-order valence-electron chi connectivity index (χ1n) is 16.4. The second-order valence-electron chi connectivity index (χ2n) is 14.2. The highest BCUT2D eigenvalue weighted by atomic mass is 16.5. The van der Waals surface area contributed by atoms with Gasteiger partial charge in [0.15, 0.2) is 11.6 Å². The number of rotatable bonds is 5. The molecule has 0 fully saturated rings. The van der Waals surface area contributed by atoms with Gasteiger partial charge in [-0.05, 0) is 52.0 Å². The third-order valence-corrected chi connectivity index (χ3v) is 10.4. The van der Waals surface area contributed by atoms with E-state index in [1.54, 1.807) is 0 Å². The number of ketones is 2. The summed E-state index contributed by atoms with van der Waals surface area (Å²) in [5.41, 5.74) is -5.11. The average Bonchev–Trinajstić information content (AvgIpc) is 3.00. The molecular formula is C38H38O14. The lowest BCUT2D eigenvalue weighted by atomic mass is 9.68. The summed E-state index contributed by atoms with van der Waals surface area (Å²) >= 11 is 0. The van der Waals surface area contributed by atoms with Gasteiger partial charge in [-0.25, -0.2) is 0 Å². The normalized spacial score (nSPS) is 23.9. The van der Waals surface area contributed by atoms with Crippen LogP contribution in [0, 0.1) is 0 Å². The number of hydrogen-bond donors (Lipinski definition) is 8. The van der Waals surface area contributed by atoms with Gasteiger partial charge in [0.25, 0.3) is 0 Å². The number of ether oxygens (including phenoxy) is 2. The summed E-state index contributed by atoms with van der Waals surface area (Å²) in [6, 6.07) is 5.10. The lowest BCUT2D eigenvalue weighted by molar-refractivity contribution is -0.151. The molecule has 2 aliphatic carbocycles. The Bertz CT molecular complexity index is 2110. The zero-order chi connectivity index (χ0) is 38.5. The molecule has 0 aliphatic heterocycles. The van der Waals surface area contributed by atoms with Gasteiger partial charge in [-0.3, -0.25) is 19.2 Å². The summed E-state index contributed by atoms with van der Waals surface area (Å²) in [6.45, 7) is 7.91. The van der Waals surface area contributed by atoms with Crippen LogP contribution >= 0.6 is 0 Å². The first kappa shape index (κ1) is 36.2. The molecule has 8 N–H and O–H groups in total. The molecule has 0 saturated carbocycles. The number of aliphatic hydroxyl groups is 2. The largest absolute Gasteiger partial charge is 0.507 e. The Morgan fingerprint density at radius 1 is 0.615 bits per heavy atom. The van der Waals surface area contributed by atoms with Gasteiger partial charge in [0.2, 0.25) is 0 Å². The molecule has 1 unspecified atom stereocenters. The van der Waals surface area contributed by atoms with E-state index in [0.29, 0.717) is 0 Å². The van der Waals surface area contributed by atoms with E-state index in [9.17, 15) is 60.0 Å². The molecule has 0 spiro atoms. The number of carbonyl (C=O) groups excluding carboxylic acids is 4. The van der Waals surface area contributed by atoms with Crippen LogP contribution in [0.15, 0.2) is 24.3 Å². The molecule has 14 heteroatoms. The third-order valence-electron chi connectivity index (χ3n) is 10.4. The van der Waals surface area contributed by atoms with Crippen molar-refractivity contribution >= 4 is 45.0 Å². The fraction of sp³-hybridized carbons (Fsp3) is 0.368. The van der Waals surface area contributed by atoms with Gasteiger partial charge in [0.05, 0.1) is 44.9 Å². The van der Waals surface area contributed by atoms with Crippen molar-refractivity contribution in [2.75, 3.05) is 0 Å². The molecule has 0 aromatic heterocycles. The van der Waals surface area contributed by atoms with E-state index in [2.05, 4.69) is 0 Å². The third kappa shape index (κ3) is 5.23. The molecule has 14 nitrogen and oxygen atoms in total. The highest BCUT2D eigenvalue weighted by Gasteiger charge is 2.51. The number of hydrogen-bond acceptors (Lipinski definition) is 14. The minimum absolute atomic E-state index is 0.150. The van der Waals surface area contributed by atoms with Crippen molar-refractivity contribution in [2.24, 2.45) is 0 Å². The lowest BCUT2D eigenvalue weighted by Crippen LogP contribution is -2.46. The molecule has 274 valence electrons. The monoisotopic (exact) mass is 718 g/mol. The standard InChI is InChI=1S/C38H38O14/c1-13(51-15(3)39)29-27-25(21(41)11-37(29,5)49)35(47)23-19(33(27)45)9-7-17(31(23)43)18-8-10-20-24(32(18)44)36(48)26-22(42)12-38(6,50)30(28(26)34(20)46)14(2)52-16(4)40/h7-10,13-14,29-30,43-50H,11-12H2,1-6H3/t13-,14+,29-,30?,37+,38+/m1/s1. The molecule has 0 heterocycles. The summed E-state index contributed by atoms with van der Waals surface area (Å²) in [4.78, 5) is 50.3. The fourth-order valence-electron chi connectivity index (χ4n) is 8.50. The van der Waals surface area contributed by atoms with Crippen molar-refractivity contribution in [3.05, 3.63) is 46.5 Å². The number of carbonyl (C=O) groups is 4. The minimum atomic E-state index is -1.81. The van der Waals surface area contributed by atoms with Crippen LogP contribution in [0.5, 0.6) is 34.5 Å². The van der Waals surface area contributed by atoms with Crippen LogP contribution in [-0.4, -0.2) is 87.8 Å². The Balaban J connectivity index is 1.59. The second-order valence-corrected chi connectivity index (χ2v) is 14.2. The number of fused-ring (bicyclic) bond motifs is 4. The SMILES string of the molecule is CC(=O)O[C@@H](C)C1c2c(c(O)c3c(O)c(-c4ccc5c(O)c6c(c(O)c5c4O)C(=O)C[C@](C)(O)[C@@H]6[C@@H](C)OC(C)=O)ccc3c2O)C(=O)C[C@]1(C)O. The zero-order valence-electron chi connectivity index (χ0n) is 29.1. The molecule has 0 saturated heterocycles. The number of benzene rings is 4. The van der Waals surface area contributed by atoms with Crippen LogP contribution in [0.1, 0.15) is 98.1 Å². The Hall–Kier alpha value is -5.60. The van der Waals surface area contributed by atoms with Gasteiger partial charge in [-0.2, -0.15) is 0 Å². The van der Waals surface area contributed by atoms with Gasteiger partial charge in [0.1, 0.15) is 46.7 Å². The summed E-state index contributed by atoms with van der Waals surface area (Å²) < 4.78 is 10.6. The lowest BCUT2D eigenvalue weighted by Gasteiger charge is -2.41. The molecule has 0 radical (unpaired) electrons. The number of aromatic hydroxyl groups is 6. The van der Waals surface area contributed by atoms with E-state index < -0.39 is 117 Å². The first-order chi connectivity index (χ1) is 24.1. The molecule has 6 rings (SSSR count). The molecule has 4 aromatic carbocycles. The van der Waals surface area contributed by atoms with Crippen LogP contribution in [0.3, 0.4) is 0 Å². The first-order valence-corrected chi connectivity index (χ1v) is 16.4. The maximum Gasteiger partial charge on any atom is 0.302 e. The van der Waals surface area contributed by atoms with Gasteiger partial charge >= 0.3 is 11.9 Å². The van der Waals surface area contributed by atoms with Gasteiger partial charge < -0.3 is 50.3 Å². The maximum atomic E-state index is 13.4. The number of esters is 2. The van der Waals surface area contributed by atoms with E-state index in [1.165, 1.54) is 52.0 Å². The van der Waals surface area contributed by atoms with Crippen molar-refractivity contribution in [1.82, 2.24) is 0 Å². The fourth-order valence-corrected chi connectivity index (χ4v) is 8.50. The summed E-state index contributed by atoms with van der Waals surface area (Å²) in [6.07, 6.45) is -3.17. The molecular weight excluding hydrogens is 680 g/mol. The van der Waals surface area contributed by atoms with Crippen molar-refractivity contribution < 1.29 is 69.5 Å². The number of phenolic OH excluding ortho intramolecular Hbond substituents is 6. The van der Waals surface area contributed by atoms with Crippen LogP contribution in [-0.2, 0) is 19.1 Å². The Labute approximate surface area is 296 Å². The average molecular weight is 719 g/mol. The summed E-state index contributed by atoms with van der Waals surface area (Å²) in [5.74, 6) is -9.31. The predicted octanol–water partition coefficient (Wildman–Crippen LogP) is 4.64. The van der Waals surface area contributed by atoms with Crippen LogP contribution < -0.4 is 0 Å². The van der Waals surface area contributed by atoms with E-state index in [1.807, 2.05) is 0 Å². The molecule has 0 amide bonds. The summed E-state index contributed by atoms with van der Waals surface area (Å²) in [5, 5.41) is 90.8. The van der Waals surface area contributed by atoms with E-state index in [-0.39, 0.29) is 43.8 Å². The number of phenols is 6. The molecule has 6 atom stereocenters. The Morgan fingerprint density at radius 2 is 0.942 bits per heavy atom. The van der Waals surface area contributed by atoms with Gasteiger partial charge in [-0.15, -0.1) is 0 Å². The topological polar surface area (TPSA) is 249 Å². The Kier molecular flexibility index (Phi) is 8.35. The van der Waals surface area contributed by atoms with Crippen LogP contribution in [0.2, 0.25) is 0 Å². The van der Waals surface area contributed by atoms with Crippen molar-refractivity contribution in [1.29, 1.82) is 0 Å². The van der Waals surface area contributed by atoms with Crippen molar-refractivity contribution in [3.8, 4) is 45.6 Å². The van der Waals surface area contributed by atoms with Gasteiger partial charge in [-0.1, -0.05) is 0 Å². The number of Topliss-reactive ketones (excluding diaryl/α,β-unsaturated/α-hetero) is 2. The molecule has 4 aromatic rings. The highest BCUT2D eigenvalue weighted by Crippen LogP contribution is 2.58. The van der Waals surface area contributed by atoms with E-state index >= 15 is 0 Å². The summed E-state index contributed by atoms with van der Waals surface area (Å²) in [7, 11) is 0. The van der Waals surface area contributed by atoms with Crippen molar-refractivity contribution in [2.45, 2.75) is 89.6 Å². The Morgan fingerprint density at radius 3 is 1.25 bits per heavy atom. The molecule has 2 aliphatic rings. The van der Waals surface area contributed by atoms with E-state index in [0.717, 1.165) is 13.8 Å². The van der Waals surface area contributed by atoms with Crippen molar-refractivity contribution in [3.63, 3.8) is 0 Å². The molecule has 52 heavy (non-hydrogen) atoms.